The van der Waals surface area contributed by atoms with Crippen molar-refractivity contribution in [2.75, 3.05) is 23.8 Å². The molecular weight excluding hydrogens is 306 g/mol. The number of carbonyl (C=O) groups is 2. The zero-order valence-corrected chi connectivity index (χ0v) is 13.4. The number of benzene rings is 1. The number of nitrogens with zero attached hydrogens (tertiary/aromatic N) is 1. The third kappa shape index (κ3) is 5.28. The summed E-state index contributed by atoms with van der Waals surface area (Å²) in [5.74, 6) is 1.59. The summed E-state index contributed by atoms with van der Waals surface area (Å²) >= 11 is 3.38. The number of carboxylic acids is 1. The van der Waals surface area contributed by atoms with E-state index in [0.717, 1.165) is 22.2 Å². The molecule has 1 aromatic carbocycles. The van der Waals surface area contributed by atoms with Crippen molar-refractivity contribution in [3.63, 3.8) is 0 Å². The molecule has 114 valence electrons. The van der Waals surface area contributed by atoms with E-state index in [4.69, 9.17) is 5.11 Å². The number of thioether (sulfide) groups is 2. The Morgan fingerprint density at radius 3 is 2.81 bits per heavy atom. The van der Waals surface area contributed by atoms with E-state index in [1.807, 2.05) is 30.3 Å². The molecule has 0 aromatic heterocycles. The minimum absolute atomic E-state index is 0.0462. The van der Waals surface area contributed by atoms with E-state index in [1.165, 1.54) is 0 Å². The number of hydrogen-bond donors (Lipinski definition) is 1. The normalized spacial score (nSPS) is 18.5. The Labute approximate surface area is 133 Å². The van der Waals surface area contributed by atoms with Gasteiger partial charge < -0.3 is 10.0 Å². The first kappa shape index (κ1) is 16.2. The molecule has 1 N–H and O–H groups in total. The van der Waals surface area contributed by atoms with Gasteiger partial charge in [-0.25, -0.2) is 0 Å². The average molecular weight is 325 g/mol. The summed E-state index contributed by atoms with van der Waals surface area (Å²) in [5, 5.41) is 8.94. The summed E-state index contributed by atoms with van der Waals surface area (Å²) in [4.78, 5) is 26.1. The Balaban J connectivity index is 1.81. The van der Waals surface area contributed by atoms with Crippen LogP contribution in [0.2, 0.25) is 0 Å². The summed E-state index contributed by atoms with van der Waals surface area (Å²) < 4.78 is 0. The van der Waals surface area contributed by atoms with Crippen molar-refractivity contribution in [2.45, 2.75) is 23.8 Å². The molecule has 0 aliphatic carbocycles. The number of carboxylic acid groups (broad SMARTS) is 1. The Morgan fingerprint density at radius 2 is 2.10 bits per heavy atom. The van der Waals surface area contributed by atoms with E-state index < -0.39 is 5.97 Å². The van der Waals surface area contributed by atoms with Crippen LogP contribution in [-0.4, -0.2) is 51.7 Å². The molecule has 1 aliphatic heterocycles. The van der Waals surface area contributed by atoms with Gasteiger partial charge in [-0.15, -0.1) is 11.8 Å². The highest BCUT2D eigenvalue weighted by molar-refractivity contribution is 7.99. The summed E-state index contributed by atoms with van der Waals surface area (Å²) in [6.07, 6.45) is 0.505. The number of aliphatic carboxylic acids is 1. The van der Waals surface area contributed by atoms with E-state index in [9.17, 15) is 9.59 Å². The van der Waals surface area contributed by atoms with Crippen molar-refractivity contribution >= 4 is 35.4 Å². The third-order valence-corrected chi connectivity index (χ3v) is 5.39. The Bertz CT molecular complexity index is 481. The fraction of sp³-hybridized carbons (Fsp3) is 0.467. The molecule has 1 saturated heterocycles. The Hall–Kier alpha value is -1.14. The van der Waals surface area contributed by atoms with Gasteiger partial charge in [0.2, 0.25) is 5.91 Å². The SMILES string of the molecule is O=C(O)CC1CSCCN1C(=O)CCSc1ccccc1. The number of amides is 1. The van der Waals surface area contributed by atoms with Crippen molar-refractivity contribution < 1.29 is 14.7 Å². The predicted octanol–water partition coefficient (Wildman–Crippen LogP) is 2.59. The maximum absolute atomic E-state index is 12.3. The minimum atomic E-state index is -0.834. The van der Waals surface area contributed by atoms with Crippen LogP contribution < -0.4 is 0 Å². The van der Waals surface area contributed by atoms with Crippen molar-refractivity contribution in [3.05, 3.63) is 30.3 Å². The second kappa shape index (κ2) is 8.34. The molecule has 0 spiro atoms. The average Bonchev–Trinajstić information content (AvgIpc) is 2.48. The quantitative estimate of drug-likeness (QED) is 0.815. The van der Waals surface area contributed by atoms with Crippen LogP contribution in [0.4, 0.5) is 0 Å². The topological polar surface area (TPSA) is 57.6 Å². The second-order valence-electron chi connectivity index (χ2n) is 4.83. The maximum Gasteiger partial charge on any atom is 0.305 e. The summed E-state index contributed by atoms with van der Waals surface area (Å²) in [6, 6.07) is 9.83. The fourth-order valence-electron chi connectivity index (χ4n) is 2.27. The van der Waals surface area contributed by atoms with E-state index >= 15 is 0 Å². The lowest BCUT2D eigenvalue weighted by atomic mass is 10.2. The van der Waals surface area contributed by atoms with Gasteiger partial charge in [0.05, 0.1) is 12.5 Å². The molecule has 6 heteroatoms. The van der Waals surface area contributed by atoms with Crippen LogP contribution in [0.3, 0.4) is 0 Å². The van der Waals surface area contributed by atoms with Crippen molar-refractivity contribution in [2.24, 2.45) is 0 Å². The van der Waals surface area contributed by atoms with Gasteiger partial charge >= 0.3 is 5.97 Å². The van der Waals surface area contributed by atoms with Gasteiger partial charge in [-0.2, -0.15) is 11.8 Å². The predicted molar refractivity (Wildman–Crippen MR) is 86.9 cm³/mol. The van der Waals surface area contributed by atoms with Crippen molar-refractivity contribution in [1.82, 2.24) is 4.90 Å². The fourth-order valence-corrected chi connectivity index (χ4v) is 4.19. The van der Waals surface area contributed by atoms with E-state index in [2.05, 4.69) is 0 Å². The van der Waals surface area contributed by atoms with Gasteiger partial charge in [-0.1, -0.05) is 18.2 Å². The number of rotatable bonds is 6. The maximum atomic E-state index is 12.3. The molecule has 4 nitrogen and oxygen atoms in total. The smallest absolute Gasteiger partial charge is 0.305 e. The first-order valence-electron chi connectivity index (χ1n) is 6.93. The molecule has 0 bridgehead atoms. The first-order chi connectivity index (χ1) is 10.2. The van der Waals surface area contributed by atoms with Crippen LogP contribution in [0.1, 0.15) is 12.8 Å². The molecule has 1 heterocycles. The molecule has 0 radical (unpaired) electrons. The lowest BCUT2D eigenvalue weighted by molar-refractivity contribution is -0.140. The minimum Gasteiger partial charge on any atom is -0.481 e. The van der Waals surface area contributed by atoms with Crippen LogP contribution >= 0.6 is 23.5 Å². The number of hydrogen-bond acceptors (Lipinski definition) is 4. The van der Waals surface area contributed by atoms with Crippen molar-refractivity contribution in [3.8, 4) is 0 Å². The molecule has 1 fully saturated rings. The lowest BCUT2D eigenvalue weighted by Crippen LogP contribution is -2.47. The van der Waals surface area contributed by atoms with Gasteiger partial charge in [-0.3, -0.25) is 9.59 Å². The van der Waals surface area contributed by atoms with Gasteiger partial charge in [0.15, 0.2) is 0 Å². The van der Waals surface area contributed by atoms with E-state index in [0.29, 0.717) is 13.0 Å². The number of carbonyl (C=O) groups excluding carboxylic acids is 1. The largest absolute Gasteiger partial charge is 0.481 e. The van der Waals surface area contributed by atoms with Crippen molar-refractivity contribution in [1.29, 1.82) is 0 Å². The molecule has 1 aromatic rings. The summed E-state index contributed by atoms with van der Waals surface area (Å²) in [7, 11) is 0. The van der Waals surface area contributed by atoms with Gasteiger partial charge in [0.25, 0.3) is 0 Å². The molecular formula is C15H19NO3S2. The second-order valence-corrected chi connectivity index (χ2v) is 7.14. The summed E-state index contributed by atoms with van der Waals surface area (Å²) in [6.45, 7) is 0.664. The zero-order valence-electron chi connectivity index (χ0n) is 11.7. The van der Waals surface area contributed by atoms with Crippen LogP contribution in [-0.2, 0) is 9.59 Å². The Morgan fingerprint density at radius 1 is 1.33 bits per heavy atom. The molecule has 0 saturated carbocycles. The highest BCUT2D eigenvalue weighted by Crippen LogP contribution is 2.22. The standard InChI is InChI=1S/C15H19NO3S2/c17-14(6-8-21-13-4-2-1-3-5-13)16-7-9-20-11-12(16)10-15(18)19/h1-5,12H,6-11H2,(H,18,19). The van der Waals surface area contributed by atoms with Crippen LogP contribution in [0.15, 0.2) is 35.2 Å². The van der Waals surface area contributed by atoms with Crippen LogP contribution in [0, 0.1) is 0 Å². The van der Waals surface area contributed by atoms with Gasteiger partial charge in [0.1, 0.15) is 0 Å². The summed E-state index contributed by atoms with van der Waals surface area (Å²) in [5.41, 5.74) is 0. The zero-order chi connectivity index (χ0) is 15.1. The lowest BCUT2D eigenvalue weighted by Gasteiger charge is -2.34. The molecule has 1 atom stereocenters. The van der Waals surface area contributed by atoms with Gasteiger partial charge in [0, 0.05) is 35.1 Å². The monoisotopic (exact) mass is 325 g/mol. The molecule has 21 heavy (non-hydrogen) atoms. The highest BCUT2D eigenvalue weighted by Gasteiger charge is 2.28. The first-order valence-corrected chi connectivity index (χ1v) is 9.07. The molecule has 1 amide bonds. The van der Waals surface area contributed by atoms with Crippen LogP contribution in [0.5, 0.6) is 0 Å². The highest BCUT2D eigenvalue weighted by atomic mass is 32.2. The molecule has 2 rings (SSSR count). The van der Waals surface area contributed by atoms with E-state index in [-0.39, 0.29) is 18.4 Å². The van der Waals surface area contributed by atoms with E-state index in [1.54, 1.807) is 28.4 Å². The molecule has 1 aliphatic rings. The van der Waals surface area contributed by atoms with Gasteiger partial charge in [-0.05, 0) is 12.1 Å². The van der Waals surface area contributed by atoms with Crippen LogP contribution in [0.25, 0.3) is 0 Å². The third-order valence-electron chi connectivity index (χ3n) is 3.29. The molecule has 1 unspecified atom stereocenters. The Kier molecular flexibility index (Phi) is 6.45.